The number of aromatic nitrogens is 1. The van der Waals surface area contributed by atoms with Crippen molar-refractivity contribution in [3.63, 3.8) is 0 Å². The molecule has 3 heteroatoms. The molecule has 3 N–H and O–H groups in total. The summed E-state index contributed by atoms with van der Waals surface area (Å²) in [5, 5.41) is 0. The average molecular weight is 247 g/mol. The quantitative estimate of drug-likeness (QED) is 0.737. The summed E-state index contributed by atoms with van der Waals surface area (Å²) in [6, 6.07) is 2.52. The topological polar surface area (TPSA) is 45.0 Å². The van der Waals surface area contributed by atoms with E-state index in [1.807, 2.05) is 0 Å². The maximum atomic E-state index is 6.46. The lowest BCUT2D eigenvalue weighted by Gasteiger charge is -2.46. The van der Waals surface area contributed by atoms with Crippen molar-refractivity contribution < 1.29 is 0 Å². The number of hydrogen-bond acceptors (Lipinski definition) is 2. The fraction of sp³-hybridized carbons (Fsp3) is 0.733. The average Bonchev–Trinajstić information content (AvgIpc) is 2.83. The number of nitrogens with one attached hydrogen (secondary N) is 1. The van der Waals surface area contributed by atoms with Gasteiger partial charge in [0.15, 0.2) is 0 Å². The lowest BCUT2D eigenvalue weighted by Crippen LogP contribution is -2.54. The van der Waals surface area contributed by atoms with Crippen LogP contribution in [0.4, 0.5) is 0 Å². The molecule has 0 amide bonds. The van der Waals surface area contributed by atoms with Crippen molar-refractivity contribution in [2.45, 2.75) is 57.0 Å². The molecule has 0 bridgehead atoms. The molecule has 1 atom stereocenters. The molecule has 100 valence electrons. The standard InChI is InChI=1S/C15H25N3/c1-14(2,3)18-8-5-15(6-9-18)12(16)10-11-4-7-17-13(11)15/h4,7,12,17H,5-6,8-10,16H2,1-3H3/t12-/m1/s1. The molecular weight excluding hydrogens is 222 g/mol. The summed E-state index contributed by atoms with van der Waals surface area (Å²) in [4.78, 5) is 6.05. The Morgan fingerprint density at radius 3 is 2.61 bits per heavy atom. The van der Waals surface area contributed by atoms with E-state index >= 15 is 0 Å². The summed E-state index contributed by atoms with van der Waals surface area (Å²) in [5.74, 6) is 0. The molecule has 3 rings (SSSR count). The molecule has 0 radical (unpaired) electrons. The lowest BCUT2D eigenvalue weighted by molar-refractivity contribution is 0.0677. The first-order valence-electron chi connectivity index (χ1n) is 7.11. The molecule has 2 aliphatic rings. The second-order valence-electron chi connectivity index (χ2n) is 7.00. The Hall–Kier alpha value is -0.800. The van der Waals surface area contributed by atoms with E-state index in [2.05, 4.69) is 42.9 Å². The first kappa shape index (κ1) is 12.2. The Balaban J connectivity index is 1.84. The second-order valence-corrected chi connectivity index (χ2v) is 7.00. The summed E-state index contributed by atoms with van der Waals surface area (Å²) in [7, 11) is 0. The van der Waals surface area contributed by atoms with Crippen LogP contribution in [0.5, 0.6) is 0 Å². The van der Waals surface area contributed by atoms with E-state index < -0.39 is 0 Å². The van der Waals surface area contributed by atoms with Crippen LogP contribution in [0.2, 0.25) is 0 Å². The third kappa shape index (κ3) is 1.64. The van der Waals surface area contributed by atoms with Gasteiger partial charge in [0, 0.05) is 28.9 Å². The largest absolute Gasteiger partial charge is 0.364 e. The van der Waals surface area contributed by atoms with Gasteiger partial charge in [0.1, 0.15) is 0 Å². The van der Waals surface area contributed by atoms with Gasteiger partial charge in [0.25, 0.3) is 0 Å². The third-order valence-electron chi connectivity index (χ3n) is 5.09. The Kier molecular flexibility index (Phi) is 2.62. The minimum absolute atomic E-state index is 0.223. The van der Waals surface area contributed by atoms with E-state index in [0.29, 0.717) is 6.04 Å². The van der Waals surface area contributed by atoms with Crippen LogP contribution in [0.1, 0.15) is 44.9 Å². The molecule has 0 unspecified atom stereocenters. The molecule has 0 saturated carbocycles. The number of fused-ring (bicyclic) bond motifs is 2. The minimum Gasteiger partial charge on any atom is -0.364 e. The highest BCUT2D eigenvalue weighted by Gasteiger charge is 2.48. The van der Waals surface area contributed by atoms with Crippen molar-refractivity contribution in [1.82, 2.24) is 9.88 Å². The van der Waals surface area contributed by atoms with Gasteiger partial charge in [-0.1, -0.05) is 0 Å². The van der Waals surface area contributed by atoms with E-state index in [9.17, 15) is 0 Å². The highest BCUT2D eigenvalue weighted by molar-refractivity contribution is 5.38. The maximum Gasteiger partial charge on any atom is 0.0285 e. The monoisotopic (exact) mass is 247 g/mol. The molecule has 1 spiro atoms. The number of hydrogen-bond donors (Lipinski definition) is 2. The number of likely N-dealkylation sites (tertiary alicyclic amines) is 1. The number of nitrogens with zero attached hydrogens (tertiary/aromatic N) is 1. The first-order valence-corrected chi connectivity index (χ1v) is 7.11. The van der Waals surface area contributed by atoms with E-state index in [1.54, 1.807) is 0 Å². The Bertz CT molecular complexity index is 433. The van der Waals surface area contributed by atoms with Crippen molar-refractivity contribution >= 4 is 0 Å². The van der Waals surface area contributed by atoms with E-state index in [1.165, 1.54) is 24.1 Å². The molecular formula is C15H25N3. The SMILES string of the molecule is CC(C)(C)N1CCC2(CC1)c1[nH]ccc1C[C@H]2N. The van der Waals surface area contributed by atoms with Crippen LogP contribution in [0.3, 0.4) is 0 Å². The molecule has 1 aromatic heterocycles. The first-order chi connectivity index (χ1) is 8.43. The second kappa shape index (κ2) is 3.84. The Morgan fingerprint density at radius 1 is 1.33 bits per heavy atom. The van der Waals surface area contributed by atoms with E-state index in [4.69, 9.17) is 5.73 Å². The fourth-order valence-electron chi connectivity index (χ4n) is 3.85. The third-order valence-corrected chi connectivity index (χ3v) is 5.09. The zero-order valence-electron chi connectivity index (χ0n) is 11.8. The molecule has 1 fully saturated rings. The van der Waals surface area contributed by atoms with Gasteiger partial charge >= 0.3 is 0 Å². The number of aromatic amines is 1. The zero-order chi connectivity index (χ0) is 13.0. The Morgan fingerprint density at radius 2 is 2.00 bits per heavy atom. The molecule has 1 aliphatic carbocycles. The Labute approximate surface area is 110 Å². The van der Waals surface area contributed by atoms with Crippen LogP contribution < -0.4 is 5.73 Å². The maximum absolute atomic E-state index is 6.46. The van der Waals surface area contributed by atoms with Crippen molar-refractivity contribution in [2.75, 3.05) is 13.1 Å². The predicted octanol–water partition coefficient (Wildman–Crippen LogP) is 2.03. The zero-order valence-corrected chi connectivity index (χ0v) is 11.8. The number of nitrogens with two attached hydrogens (primary N) is 1. The van der Waals surface area contributed by atoms with E-state index in [0.717, 1.165) is 19.5 Å². The molecule has 0 aromatic carbocycles. The summed E-state index contributed by atoms with van der Waals surface area (Å²) < 4.78 is 0. The molecule has 1 saturated heterocycles. The minimum atomic E-state index is 0.223. The van der Waals surface area contributed by atoms with Gasteiger partial charge in [0.2, 0.25) is 0 Å². The summed E-state index contributed by atoms with van der Waals surface area (Å²) in [5.41, 5.74) is 9.84. The highest BCUT2D eigenvalue weighted by Crippen LogP contribution is 2.45. The highest BCUT2D eigenvalue weighted by atomic mass is 15.2. The molecule has 18 heavy (non-hydrogen) atoms. The summed E-state index contributed by atoms with van der Waals surface area (Å²) in [6.07, 6.45) is 5.51. The molecule has 3 nitrogen and oxygen atoms in total. The van der Waals surface area contributed by atoms with Gasteiger partial charge in [-0.05, 0) is 64.8 Å². The number of rotatable bonds is 0. The van der Waals surface area contributed by atoms with Gasteiger partial charge in [0.05, 0.1) is 0 Å². The van der Waals surface area contributed by atoms with Gasteiger partial charge in [-0.15, -0.1) is 0 Å². The van der Waals surface area contributed by atoms with Gasteiger partial charge in [-0.3, -0.25) is 4.90 Å². The molecule has 2 heterocycles. The summed E-state index contributed by atoms with van der Waals surface area (Å²) >= 11 is 0. The van der Waals surface area contributed by atoms with Crippen LogP contribution in [-0.2, 0) is 11.8 Å². The van der Waals surface area contributed by atoms with Crippen molar-refractivity contribution in [2.24, 2.45) is 5.73 Å². The lowest BCUT2D eigenvalue weighted by atomic mass is 9.73. The van der Waals surface area contributed by atoms with Crippen molar-refractivity contribution in [3.8, 4) is 0 Å². The van der Waals surface area contributed by atoms with Crippen LogP contribution in [-0.4, -0.2) is 34.6 Å². The summed E-state index contributed by atoms with van der Waals surface area (Å²) in [6.45, 7) is 9.24. The van der Waals surface area contributed by atoms with Gasteiger partial charge in [-0.25, -0.2) is 0 Å². The van der Waals surface area contributed by atoms with Gasteiger partial charge < -0.3 is 10.7 Å². The fourth-order valence-corrected chi connectivity index (χ4v) is 3.85. The normalized spacial score (nSPS) is 27.7. The number of H-pyrrole nitrogens is 1. The van der Waals surface area contributed by atoms with Crippen molar-refractivity contribution in [3.05, 3.63) is 23.5 Å². The van der Waals surface area contributed by atoms with Gasteiger partial charge in [-0.2, -0.15) is 0 Å². The van der Waals surface area contributed by atoms with E-state index in [-0.39, 0.29) is 11.0 Å². The van der Waals surface area contributed by atoms with Crippen LogP contribution >= 0.6 is 0 Å². The van der Waals surface area contributed by atoms with Crippen LogP contribution in [0.15, 0.2) is 12.3 Å². The van der Waals surface area contributed by atoms with Crippen LogP contribution in [0, 0.1) is 0 Å². The molecule has 1 aromatic rings. The smallest absolute Gasteiger partial charge is 0.0285 e. The van der Waals surface area contributed by atoms with Crippen LogP contribution in [0.25, 0.3) is 0 Å². The number of piperidine rings is 1. The predicted molar refractivity (Wildman–Crippen MR) is 74.7 cm³/mol. The van der Waals surface area contributed by atoms with Crippen molar-refractivity contribution in [1.29, 1.82) is 0 Å². The molecule has 1 aliphatic heterocycles.